The van der Waals surface area contributed by atoms with Gasteiger partial charge in [-0.2, -0.15) is 12.7 Å². The Morgan fingerprint density at radius 1 is 0.971 bits per heavy atom. The Morgan fingerprint density at radius 2 is 1.51 bits per heavy atom. The number of rotatable bonds is 12. The van der Waals surface area contributed by atoms with E-state index in [9.17, 15) is 26.8 Å². The predicted octanol–water partition coefficient (Wildman–Crippen LogP) is 2.91. The van der Waals surface area contributed by atoms with Crippen molar-refractivity contribution < 1.29 is 26.8 Å². The second kappa shape index (κ2) is 12.6. The Morgan fingerprint density at radius 3 is 2.03 bits per heavy atom. The van der Waals surface area contributed by atoms with E-state index in [0.717, 1.165) is 33.6 Å². The average molecular weight is 511 g/mol. The van der Waals surface area contributed by atoms with Crippen LogP contribution in [0.5, 0.6) is 0 Å². The maximum absolute atomic E-state index is 13.5. The van der Waals surface area contributed by atoms with Crippen LogP contribution in [0, 0.1) is 11.6 Å². The molecule has 2 aromatic rings. The summed E-state index contributed by atoms with van der Waals surface area (Å²) in [6, 6.07) is 9.25. The number of anilines is 1. The summed E-state index contributed by atoms with van der Waals surface area (Å²) in [6.07, 6.45) is 1.64. The molecule has 0 aliphatic carbocycles. The van der Waals surface area contributed by atoms with Gasteiger partial charge >= 0.3 is 10.2 Å². The maximum atomic E-state index is 13.5. The lowest BCUT2D eigenvalue weighted by atomic mass is 10.1. The lowest BCUT2D eigenvalue weighted by Gasteiger charge is -2.32. The molecular weight excluding hydrogens is 478 g/mol. The molecule has 2 rings (SSSR count). The van der Waals surface area contributed by atoms with Gasteiger partial charge in [-0.25, -0.2) is 13.1 Å². The summed E-state index contributed by atoms with van der Waals surface area (Å²) in [7, 11) is -1.50. The molecule has 192 valence electrons. The van der Waals surface area contributed by atoms with Gasteiger partial charge < -0.3 is 10.2 Å². The van der Waals surface area contributed by atoms with E-state index in [1.165, 1.54) is 55.4 Å². The first-order valence-corrected chi connectivity index (χ1v) is 12.6. The van der Waals surface area contributed by atoms with Gasteiger partial charge in [-0.1, -0.05) is 25.5 Å². The van der Waals surface area contributed by atoms with E-state index in [4.69, 9.17) is 0 Å². The minimum absolute atomic E-state index is 0.0409. The minimum atomic E-state index is -4.13. The molecular formula is C24H32F2N4O4S. The summed E-state index contributed by atoms with van der Waals surface area (Å²) in [5.74, 6) is -2.05. The number of hydrogen-bond acceptors (Lipinski definition) is 4. The standard InChI is InChI=1S/C24H32F2N4O4S/c1-5-6-15-27-24(32)18(2)29(16-19-7-9-20(25)10-8-19)23(31)17-30(35(33,34)28(3)4)22-13-11-21(26)12-14-22/h7-14,18H,5-6,15-17H2,1-4H3,(H,27,32). The molecule has 0 bridgehead atoms. The van der Waals surface area contributed by atoms with Gasteiger partial charge in [-0.15, -0.1) is 0 Å². The molecule has 0 aromatic heterocycles. The van der Waals surface area contributed by atoms with Crippen molar-refractivity contribution >= 4 is 27.7 Å². The van der Waals surface area contributed by atoms with Crippen molar-refractivity contribution in [1.82, 2.24) is 14.5 Å². The summed E-state index contributed by atoms with van der Waals surface area (Å²) in [4.78, 5) is 27.5. The van der Waals surface area contributed by atoms with Crippen LogP contribution in [-0.4, -0.2) is 62.7 Å². The van der Waals surface area contributed by atoms with Gasteiger partial charge in [0.25, 0.3) is 0 Å². The molecule has 0 saturated carbocycles. The molecule has 1 atom stereocenters. The van der Waals surface area contributed by atoms with Crippen molar-refractivity contribution in [2.24, 2.45) is 0 Å². The van der Waals surface area contributed by atoms with Gasteiger partial charge in [0, 0.05) is 27.2 Å². The van der Waals surface area contributed by atoms with Crippen LogP contribution in [0.4, 0.5) is 14.5 Å². The summed E-state index contributed by atoms with van der Waals surface area (Å²) in [6.45, 7) is 3.30. The number of nitrogens with one attached hydrogen (secondary N) is 1. The number of hydrogen-bond donors (Lipinski definition) is 1. The molecule has 0 heterocycles. The van der Waals surface area contributed by atoms with Crippen LogP contribution in [0.15, 0.2) is 48.5 Å². The van der Waals surface area contributed by atoms with Crippen LogP contribution in [0.25, 0.3) is 0 Å². The zero-order chi connectivity index (χ0) is 26.2. The van der Waals surface area contributed by atoms with Crippen molar-refractivity contribution in [2.75, 3.05) is 31.5 Å². The lowest BCUT2D eigenvalue weighted by Crippen LogP contribution is -2.52. The zero-order valence-electron chi connectivity index (χ0n) is 20.4. The first-order chi connectivity index (χ1) is 16.5. The van der Waals surface area contributed by atoms with Crippen molar-refractivity contribution in [3.63, 3.8) is 0 Å². The third kappa shape index (κ3) is 7.72. The Bertz CT molecular complexity index is 1090. The summed E-state index contributed by atoms with van der Waals surface area (Å²) >= 11 is 0. The highest BCUT2D eigenvalue weighted by Crippen LogP contribution is 2.21. The van der Waals surface area contributed by atoms with Gasteiger partial charge in [-0.3, -0.25) is 9.59 Å². The second-order valence-electron chi connectivity index (χ2n) is 8.24. The molecule has 0 spiro atoms. The Balaban J connectivity index is 2.39. The molecule has 35 heavy (non-hydrogen) atoms. The lowest BCUT2D eigenvalue weighted by molar-refractivity contribution is -0.139. The molecule has 0 aliphatic heterocycles. The third-order valence-electron chi connectivity index (χ3n) is 5.40. The van der Waals surface area contributed by atoms with Crippen molar-refractivity contribution in [1.29, 1.82) is 0 Å². The van der Waals surface area contributed by atoms with Crippen LogP contribution in [-0.2, 0) is 26.3 Å². The first-order valence-electron chi connectivity index (χ1n) is 11.2. The van der Waals surface area contributed by atoms with Gasteiger partial charge in [0.15, 0.2) is 0 Å². The number of unbranched alkanes of at least 4 members (excludes halogenated alkanes) is 1. The molecule has 2 amide bonds. The largest absolute Gasteiger partial charge is 0.354 e. The van der Waals surface area contributed by atoms with Crippen LogP contribution < -0.4 is 9.62 Å². The normalized spacial score (nSPS) is 12.3. The average Bonchev–Trinajstić information content (AvgIpc) is 2.82. The third-order valence-corrected chi connectivity index (χ3v) is 7.22. The quantitative estimate of drug-likeness (QED) is 0.445. The maximum Gasteiger partial charge on any atom is 0.304 e. The Kier molecular flexibility index (Phi) is 10.1. The monoisotopic (exact) mass is 510 g/mol. The van der Waals surface area contributed by atoms with Crippen LogP contribution in [0.1, 0.15) is 32.3 Å². The van der Waals surface area contributed by atoms with E-state index in [1.54, 1.807) is 6.92 Å². The van der Waals surface area contributed by atoms with E-state index >= 15 is 0 Å². The van der Waals surface area contributed by atoms with Crippen molar-refractivity contribution in [2.45, 2.75) is 39.3 Å². The summed E-state index contributed by atoms with van der Waals surface area (Å²) < 4.78 is 54.7. The number of halogens is 2. The number of benzene rings is 2. The molecule has 0 aliphatic rings. The van der Waals surface area contributed by atoms with E-state index in [1.807, 2.05) is 6.92 Å². The van der Waals surface area contributed by atoms with Crippen LogP contribution in [0.2, 0.25) is 0 Å². The Labute approximate surface area is 205 Å². The van der Waals surface area contributed by atoms with E-state index < -0.39 is 46.2 Å². The van der Waals surface area contributed by atoms with Crippen molar-refractivity contribution in [3.05, 3.63) is 65.7 Å². The van der Waals surface area contributed by atoms with Gasteiger partial charge in [0.2, 0.25) is 11.8 Å². The zero-order valence-corrected chi connectivity index (χ0v) is 21.2. The molecule has 0 saturated heterocycles. The molecule has 0 fully saturated rings. The molecule has 1 N–H and O–H groups in total. The highest BCUT2D eigenvalue weighted by atomic mass is 32.2. The van der Waals surface area contributed by atoms with Gasteiger partial charge in [0.05, 0.1) is 5.69 Å². The SMILES string of the molecule is CCCCNC(=O)C(C)N(Cc1ccc(F)cc1)C(=O)CN(c1ccc(F)cc1)S(=O)(=O)N(C)C. The fourth-order valence-electron chi connectivity index (χ4n) is 3.23. The van der Waals surface area contributed by atoms with Gasteiger partial charge in [0.1, 0.15) is 24.2 Å². The molecule has 8 nitrogen and oxygen atoms in total. The smallest absolute Gasteiger partial charge is 0.304 e. The summed E-state index contributed by atoms with van der Waals surface area (Å²) in [5.41, 5.74) is 0.659. The molecule has 11 heteroatoms. The van der Waals surface area contributed by atoms with Crippen LogP contribution >= 0.6 is 0 Å². The number of carbonyl (C=O) groups is 2. The van der Waals surface area contributed by atoms with Gasteiger partial charge in [-0.05, 0) is 55.3 Å². The molecule has 0 radical (unpaired) electrons. The highest BCUT2D eigenvalue weighted by molar-refractivity contribution is 7.90. The minimum Gasteiger partial charge on any atom is -0.354 e. The number of carbonyl (C=O) groups excluding carboxylic acids is 2. The fraction of sp³-hybridized carbons (Fsp3) is 0.417. The first kappa shape index (κ1) is 28.2. The Hall–Kier alpha value is -3.05. The molecule has 2 aromatic carbocycles. The van der Waals surface area contributed by atoms with E-state index in [0.29, 0.717) is 12.1 Å². The molecule has 1 unspecified atom stereocenters. The number of amides is 2. The van der Waals surface area contributed by atoms with Crippen LogP contribution in [0.3, 0.4) is 0 Å². The highest BCUT2D eigenvalue weighted by Gasteiger charge is 2.32. The predicted molar refractivity (Wildman–Crippen MR) is 131 cm³/mol. The van der Waals surface area contributed by atoms with E-state index in [-0.39, 0.29) is 12.2 Å². The topological polar surface area (TPSA) is 90.0 Å². The summed E-state index contributed by atoms with van der Waals surface area (Å²) in [5, 5.41) is 2.78. The van der Waals surface area contributed by atoms with E-state index in [2.05, 4.69) is 5.32 Å². The second-order valence-corrected chi connectivity index (χ2v) is 10.3. The number of nitrogens with zero attached hydrogens (tertiary/aromatic N) is 3. The van der Waals surface area contributed by atoms with Crippen molar-refractivity contribution in [3.8, 4) is 0 Å². The fourth-order valence-corrected chi connectivity index (χ4v) is 4.29.